The van der Waals surface area contributed by atoms with Crippen molar-refractivity contribution in [1.29, 1.82) is 0 Å². The Hall–Kier alpha value is -5.13. The number of aromatic nitrogens is 2. The van der Waals surface area contributed by atoms with Gasteiger partial charge in [-0.2, -0.15) is 18.3 Å². The summed E-state index contributed by atoms with van der Waals surface area (Å²) < 4.78 is 45.8. The van der Waals surface area contributed by atoms with Gasteiger partial charge in [0.1, 0.15) is 17.0 Å². The number of ether oxygens (including phenoxy) is 1. The summed E-state index contributed by atoms with van der Waals surface area (Å²) >= 11 is 0. The lowest BCUT2D eigenvalue weighted by atomic mass is 9.95. The van der Waals surface area contributed by atoms with Crippen molar-refractivity contribution in [2.45, 2.75) is 72.3 Å². The van der Waals surface area contributed by atoms with Gasteiger partial charge >= 0.3 is 12.3 Å². The minimum atomic E-state index is -4.58. The van der Waals surface area contributed by atoms with Crippen molar-refractivity contribution < 1.29 is 32.3 Å². The fraction of sp³-hybridized carbons (Fsp3) is 0.333. The molecule has 1 unspecified atom stereocenters. The van der Waals surface area contributed by atoms with E-state index in [1.807, 2.05) is 95.3 Å². The standard InChI is InChI=1S/C22H19F3N4O2.C12H17NO2.C2H6/c1-3-28-19-17(13-26-29(19)16-10-5-4-6-11-16)21(2,20(28)31)27-18(30)14-8-7-9-15(12-14)22(23,24)25;1-12(2,3)15-11(14)13-9-10-7-5-4-6-8-10;1-2/h4-13H,3H2,1-2H3,(H,27,30);4-8H,9H2,1-3H3,(H,13,14);1-2H3. The molecular weight excluding hydrogens is 623 g/mol. The van der Waals surface area contributed by atoms with Crippen LogP contribution in [0.3, 0.4) is 0 Å². The van der Waals surface area contributed by atoms with E-state index in [4.69, 9.17) is 4.74 Å². The van der Waals surface area contributed by atoms with Crippen LogP contribution < -0.4 is 15.5 Å². The second kappa shape index (κ2) is 15.6. The van der Waals surface area contributed by atoms with Gasteiger partial charge in [0.15, 0.2) is 0 Å². The first-order chi connectivity index (χ1) is 22.6. The van der Waals surface area contributed by atoms with Gasteiger partial charge in [-0.25, -0.2) is 9.48 Å². The highest BCUT2D eigenvalue weighted by atomic mass is 19.4. The number of hydrogen-bond donors (Lipinski definition) is 2. The maximum Gasteiger partial charge on any atom is 0.416 e. The molecule has 0 fully saturated rings. The maximum atomic E-state index is 13.2. The van der Waals surface area contributed by atoms with Crippen molar-refractivity contribution >= 4 is 23.7 Å². The summed E-state index contributed by atoms with van der Waals surface area (Å²) in [6.45, 7) is 13.7. The zero-order chi connectivity index (χ0) is 35.7. The second-order valence-electron chi connectivity index (χ2n) is 11.7. The number of benzene rings is 3. The van der Waals surface area contributed by atoms with E-state index in [9.17, 15) is 27.6 Å². The Bertz CT molecular complexity index is 1690. The van der Waals surface area contributed by atoms with Gasteiger partial charge in [0.25, 0.3) is 11.8 Å². The monoisotopic (exact) mass is 665 g/mol. The molecule has 3 aromatic carbocycles. The van der Waals surface area contributed by atoms with Crippen LogP contribution >= 0.6 is 0 Å². The van der Waals surface area contributed by atoms with Gasteiger partial charge in [0, 0.05) is 24.2 Å². The summed E-state index contributed by atoms with van der Waals surface area (Å²) in [5.41, 5.74) is -0.758. The molecule has 2 heterocycles. The molecule has 0 saturated carbocycles. The topological polar surface area (TPSA) is 106 Å². The number of alkyl halides is 3. The number of amides is 3. The Morgan fingerprint density at radius 3 is 2.08 bits per heavy atom. The third-order valence-corrected chi connectivity index (χ3v) is 7.02. The molecular formula is C36H42F3N5O4. The van der Waals surface area contributed by atoms with Crippen LogP contribution in [-0.4, -0.2) is 39.8 Å². The molecule has 0 aliphatic carbocycles. The smallest absolute Gasteiger partial charge is 0.416 e. The van der Waals surface area contributed by atoms with Gasteiger partial charge < -0.3 is 15.4 Å². The van der Waals surface area contributed by atoms with Gasteiger partial charge in [-0.3, -0.25) is 14.5 Å². The molecule has 5 rings (SSSR count). The number of halogens is 3. The van der Waals surface area contributed by atoms with Crippen LogP contribution in [0.25, 0.3) is 5.69 Å². The van der Waals surface area contributed by atoms with Crippen LogP contribution in [0.4, 0.5) is 23.8 Å². The fourth-order valence-electron chi connectivity index (χ4n) is 4.83. The maximum absolute atomic E-state index is 13.2. The Kier molecular flexibility index (Phi) is 12.2. The summed E-state index contributed by atoms with van der Waals surface area (Å²) in [5.74, 6) is -0.642. The molecule has 9 nitrogen and oxygen atoms in total. The average Bonchev–Trinajstić information content (AvgIpc) is 3.58. The quantitative estimate of drug-likeness (QED) is 0.220. The number of fused-ring (bicyclic) bond motifs is 1. The normalized spacial score (nSPS) is 15.3. The summed E-state index contributed by atoms with van der Waals surface area (Å²) in [6.07, 6.45) is -3.46. The first-order valence-electron chi connectivity index (χ1n) is 15.6. The minimum Gasteiger partial charge on any atom is -0.444 e. The first kappa shape index (κ1) is 37.3. The van der Waals surface area contributed by atoms with Crippen LogP contribution in [-0.2, 0) is 27.8 Å². The molecule has 48 heavy (non-hydrogen) atoms. The molecule has 0 radical (unpaired) electrons. The summed E-state index contributed by atoms with van der Waals surface area (Å²) in [7, 11) is 0. The van der Waals surface area contributed by atoms with Crippen molar-refractivity contribution in [2.75, 3.05) is 11.4 Å². The number of carbonyl (C=O) groups excluding carboxylic acids is 3. The molecule has 2 N–H and O–H groups in total. The van der Waals surface area contributed by atoms with E-state index in [0.29, 0.717) is 24.5 Å². The second-order valence-corrected chi connectivity index (χ2v) is 11.7. The lowest BCUT2D eigenvalue weighted by molar-refractivity contribution is -0.137. The first-order valence-corrected chi connectivity index (χ1v) is 15.6. The molecule has 1 aliphatic rings. The number of anilines is 1. The Morgan fingerprint density at radius 2 is 1.52 bits per heavy atom. The van der Waals surface area contributed by atoms with Crippen LogP contribution in [0.15, 0.2) is 91.1 Å². The summed E-state index contributed by atoms with van der Waals surface area (Å²) in [6, 6.07) is 23.0. The van der Waals surface area contributed by atoms with E-state index in [2.05, 4.69) is 15.7 Å². The van der Waals surface area contributed by atoms with E-state index in [1.165, 1.54) is 24.1 Å². The van der Waals surface area contributed by atoms with Crippen molar-refractivity contribution in [3.8, 4) is 5.69 Å². The predicted molar refractivity (Wildman–Crippen MR) is 179 cm³/mol. The number of rotatable bonds is 6. The molecule has 3 amide bonds. The lowest BCUT2D eigenvalue weighted by Crippen LogP contribution is -2.51. The molecule has 0 bridgehead atoms. The highest BCUT2D eigenvalue weighted by molar-refractivity contribution is 6.10. The van der Waals surface area contributed by atoms with Crippen LogP contribution in [0, 0.1) is 0 Å². The van der Waals surface area contributed by atoms with Gasteiger partial charge in [0.2, 0.25) is 0 Å². The number of hydrogen-bond acceptors (Lipinski definition) is 5. The molecule has 1 atom stereocenters. The van der Waals surface area contributed by atoms with Crippen LogP contribution in [0.1, 0.15) is 75.5 Å². The summed E-state index contributed by atoms with van der Waals surface area (Å²) in [5, 5.41) is 9.71. The van der Waals surface area contributed by atoms with E-state index in [0.717, 1.165) is 29.4 Å². The van der Waals surface area contributed by atoms with Gasteiger partial charge in [-0.05, 0) is 70.5 Å². The number of nitrogens with zero attached hydrogens (tertiary/aromatic N) is 3. The number of para-hydroxylation sites is 1. The zero-order valence-corrected chi connectivity index (χ0v) is 28.2. The highest BCUT2D eigenvalue weighted by Gasteiger charge is 2.51. The van der Waals surface area contributed by atoms with E-state index < -0.39 is 28.8 Å². The van der Waals surface area contributed by atoms with Gasteiger partial charge in [0.05, 0.1) is 17.4 Å². The van der Waals surface area contributed by atoms with E-state index in [1.54, 1.807) is 11.6 Å². The number of alkyl carbamates (subject to hydrolysis) is 1. The Balaban J connectivity index is 0.000000310. The van der Waals surface area contributed by atoms with Crippen LogP contribution in [0.2, 0.25) is 0 Å². The molecule has 1 aliphatic heterocycles. The number of nitrogens with one attached hydrogen (secondary N) is 2. The van der Waals surface area contributed by atoms with Crippen molar-refractivity contribution in [3.05, 3.63) is 113 Å². The third-order valence-electron chi connectivity index (χ3n) is 7.02. The zero-order valence-electron chi connectivity index (χ0n) is 28.2. The minimum absolute atomic E-state index is 0.184. The molecule has 0 saturated heterocycles. The number of likely N-dealkylation sites (N-methyl/N-ethyl adjacent to an activating group) is 1. The van der Waals surface area contributed by atoms with Crippen LogP contribution in [0.5, 0.6) is 0 Å². The number of carbonyl (C=O) groups is 3. The molecule has 12 heteroatoms. The summed E-state index contributed by atoms with van der Waals surface area (Å²) in [4.78, 5) is 38.9. The highest BCUT2D eigenvalue weighted by Crippen LogP contribution is 2.41. The Labute approximate surface area is 279 Å². The predicted octanol–water partition coefficient (Wildman–Crippen LogP) is 7.64. The SMILES string of the molecule is CC.CC(C)(C)OC(=O)NCc1ccccc1.CCN1C(=O)C(C)(NC(=O)c2cccc(C(F)(F)F)c2)c2cnn(-c3ccccc3)c21. The fourth-order valence-corrected chi connectivity index (χ4v) is 4.83. The van der Waals surface area contributed by atoms with Gasteiger partial charge in [-0.1, -0.05) is 68.4 Å². The lowest BCUT2D eigenvalue weighted by Gasteiger charge is -2.25. The average molecular weight is 666 g/mol. The van der Waals surface area contributed by atoms with Crippen molar-refractivity contribution in [1.82, 2.24) is 20.4 Å². The largest absolute Gasteiger partial charge is 0.444 e. The molecule has 4 aromatic rings. The third kappa shape index (κ3) is 9.02. The van der Waals surface area contributed by atoms with E-state index >= 15 is 0 Å². The Morgan fingerprint density at radius 1 is 0.917 bits per heavy atom. The van der Waals surface area contributed by atoms with E-state index in [-0.39, 0.29) is 17.6 Å². The molecule has 1 aromatic heterocycles. The van der Waals surface area contributed by atoms with Crippen molar-refractivity contribution in [2.24, 2.45) is 0 Å². The van der Waals surface area contributed by atoms with Gasteiger partial charge in [-0.15, -0.1) is 0 Å². The molecule has 0 spiro atoms. The molecule has 256 valence electrons. The van der Waals surface area contributed by atoms with Crippen molar-refractivity contribution in [3.63, 3.8) is 0 Å².